The number of alkyl halides is 3. The fourth-order valence-electron chi connectivity index (χ4n) is 4.94. The van der Waals surface area contributed by atoms with Crippen LogP contribution in [-0.2, 0) is 6.18 Å². The number of nitrogens with zero attached hydrogens (tertiary/aromatic N) is 4. The van der Waals surface area contributed by atoms with Gasteiger partial charge in [0, 0.05) is 22.8 Å². The second-order valence-electron chi connectivity index (χ2n) is 8.98. The van der Waals surface area contributed by atoms with E-state index in [9.17, 15) is 13.2 Å². The highest BCUT2D eigenvalue weighted by Gasteiger charge is 2.31. The topological polar surface area (TPSA) is 67.7 Å². The van der Waals surface area contributed by atoms with Crippen molar-refractivity contribution in [3.05, 3.63) is 35.0 Å². The molecule has 2 aromatic heterocycles. The normalized spacial score (nSPS) is 18.2. The molecule has 2 fully saturated rings. The van der Waals surface area contributed by atoms with Crippen LogP contribution in [0.25, 0.3) is 11.2 Å². The van der Waals surface area contributed by atoms with E-state index in [4.69, 9.17) is 16.6 Å². The summed E-state index contributed by atoms with van der Waals surface area (Å²) in [5, 5.41) is 6.52. The zero-order valence-corrected chi connectivity index (χ0v) is 18.9. The number of hydrogen-bond donors (Lipinski definition) is 2. The van der Waals surface area contributed by atoms with Crippen molar-refractivity contribution in [1.82, 2.24) is 19.5 Å². The Morgan fingerprint density at radius 3 is 2.39 bits per heavy atom. The number of fused-ring (bicyclic) bond motifs is 1. The summed E-state index contributed by atoms with van der Waals surface area (Å²) in [6.07, 6.45) is 7.12. The predicted octanol–water partition coefficient (Wildman–Crippen LogP) is 7.10. The van der Waals surface area contributed by atoms with E-state index in [0.29, 0.717) is 29.1 Å². The minimum atomic E-state index is -4.49. The summed E-state index contributed by atoms with van der Waals surface area (Å²) in [6, 6.07) is 3.98. The smallest absolute Gasteiger partial charge is 0.351 e. The maximum atomic E-state index is 13.3. The van der Waals surface area contributed by atoms with Gasteiger partial charge in [0.1, 0.15) is 5.52 Å². The minimum absolute atomic E-state index is 0.00972. The van der Waals surface area contributed by atoms with Crippen LogP contribution in [0.5, 0.6) is 0 Å². The van der Waals surface area contributed by atoms with Gasteiger partial charge < -0.3 is 10.6 Å². The van der Waals surface area contributed by atoms with Crippen LogP contribution in [0.4, 0.5) is 30.8 Å². The number of imidazole rings is 1. The predicted molar refractivity (Wildman–Crippen MR) is 123 cm³/mol. The standard InChI is InChI=1S/C23H26ClF3N6/c24-15-10-14(23(25,26)27)11-17(12-15)30-22-31-19-13-28-21(29-16-6-4-5-7-16)32-20(19)33(22)18-8-2-1-3-9-18/h10-13,16,18H,1-9H2,(H,30,31)(H,28,29,32). The zero-order chi connectivity index (χ0) is 23.0. The molecule has 2 aliphatic carbocycles. The van der Waals surface area contributed by atoms with Crippen LogP contribution >= 0.6 is 11.6 Å². The van der Waals surface area contributed by atoms with Crippen molar-refractivity contribution in [2.24, 2.45) is 0 Å². The van der Waals surface area contributed by atoms with Gasteiger partial charge in [-0.15, -0.1) is 0 Å². The lowest BCUT2D eigenvalue weighted by Crippen LogP contribution is -2.18. The Bertz CT molecular complexity index is 1130. The Morgan fingerprint density at radius 2 is 1.67 bits per heavy atom. The monoisotopic (exact) mass is 478 g/mol. The number of halogens is 4. The lowest BCUT2D eigenvalue weighted by atomic mass is 9.95. The molecule has 0 spiro atoms. The summed E-state index contributed by atoms with van der Waals surface area (Å²) >= 11 is 5.99. The van der Waals surface area contributed by atoms with E-state index >= 15 is 0 Å². The summed E-state index contributed by atoms with van der Waals surface area (Å²) in [7, 11) is 0. The summed E-state index contributed by atoms with van der Waals surface area (Å²) < 4.78 is 41.9. The van der Waals surface area contributed by atoms with Gasteiger partial charge in [-0.1, -0.05) is 43.7 Å². The van der Waals surface area contributed by atoms with E-state index in [2.05, 4.69) is 20.6 Å². The molecule has 2 saturated carbocycles. The number of anilines is 3. The third-order valence-corrected chi connectivity index (χ3v) is 6.76. The van der Waals surface area contributed by atoms with E-state index < -0.39 is 11.7 Å². The average Bonchev–Trinajstić information content (AvgIpc) is 3.40. The number of hydrogen-bond acceptors (Lipinski definition) is 5. The maximum Gasteiger partial charge on any atom is 0.416 e. The Hall–Kier alpha value is -2.55. The lowest BCUT2D eigenvalue weighted by Gasteiger charge is -2.25. The van der Waals surface area contributed by atoms with Crippen LogP contribution in [0.1, 0.15) is 69.4 Å². The molecule has 2 N–H and O–H groups in total. The Balaban J connectivity index is 1.54. The van der Waals surface area contributed by atoms with Gasteiger partial charge in [0.05, 0.1) is 11.8 Å². The van der Waals surface area contributed by atoms with E-state index in [1.54, 1.807) is 6.20 Å². The fraction of sp³-hybridized carbons (Fsp3) is 0.522. The van der Waals surface area contributed by atoms with E-state index in [-0.39, 0.29) is 16.8 Å². The molecule has 0 aliphatic heterocycles. The highest BCUT2D eigenvalue weighted by molar-refractivity contribution is 6.31. The van der Waals surface area contributed by atoms with Gasteiger partial charge in [0.2, 0.25) is 11.9 Å². The largest absolute Gasteiger partial charge is 0.416 e. The number of benzene rings is 1. The summed E-state index contributed by atoms with van der Waals surface area (Å²) in [5.74, 6) is 1.03. The van der Waals surface area contributed by atoms with Crippen LogP contribution < -0.4 is 10.6 Å². The van der Waals surface area contributed by atoms with Gasteiger partial charge in [-0.2, -0.15) is 18.2 Å². The third kappa shape index (κ3) is 4.88. The first-order valence-corrected chi connectivity index (χ1v) is 11.9. The van der Waals surface area contributed by atoms with Gasteiger partial charge in [0.25, 0.3) is 0 Å². The molecule has 0 unspecified atom stereocenters. The van der Waals surface area contributed by atoms with Crippen LogP contribution in [0.2, 0.25) is 5.02 Å². The Morgan fingerprint density at radius 1 is 0.939 bits per heavy atom. The van der Waals surface area contributed by atoms with Crippen molar-refractivity contribution in [1.29, 1.82) is 0 Å². The zero-order valence-electron chi connectivity index (χ0n) is 18.1. The first-order chi connectivity index (χ1) is 15.9. The molecule has 10 heteroatoms. The molecule has 3 aromatic rings. The molecular weight excluding hydrogens is 453 g/mol. The van der Waals surface area contributed by atoms with E-state index in [1.807, 2.05) is 4.57 Å². The molecule has 2 aliphatic rings. The van der Waals surface area contributed by atoms with Gasteiger partial charge in [0.15, 0.2) is 5.65 Å². The number of nitrogens with one attached hydrogen (secondary N) is 2. The quantitative estimate of drug-likeness (QED) is 0.409. The molecule has 2 heterocycles. The summed E-state index contributed by atoms with van der Waals surface area (Å²) in [6.45, 7) is 0. The number of aromatic nitrogens is 4. The second-order valence-corrected chi connectivity index (χ2v) is 9.41. The first kappa shape index (κ1) is 22.3. The Labute approximate surface area is 195 Å². The molecule has 5 rings (SSSR count). The summed E-state index contributed by atoms with van der Waals surface area (Å²) in [5.41, 5.74) is 0.733. The minimum Gasteiger partial charge on any atom is -0.351 e. The van der Waals surface area contributed by atoms with Gasteiger partial charge in [-0.05, 0) is 43.9 Å². The fourth-order valence-corrected chi connectivity index (χ4v) is 5.18. The van der Waals surface area contributed by atoms with Crippen molar-refractivity contribution < 1.29 is 13.2 Å². The molecule has 0 radical (unpaired) electrons. The van der Waals surface area contributed by atoms with Crippen molar-refractivity contribution >= 4 is 40.3 Å². The average molecular weight is 479 g/mol. The molecule has 0 bridgehead atoms. The number of rotatable bonds is 5. The summed E-state index contributed by atoms with van der Waals surface area (Å²) in [4.78, 5) is 13.9. The molecule has 33 heavy (non-hydrogen) atoms. The van der Waals surface area contributed by atoms with Crippen LogP contribution in [0, 0.1) is 0 Å². The molecule has 176 valence electrons. The van der Waals surface area contributed by atoms with Crippen LogP contribution in [-0.4, -0.2) is 25.6 Å². The van der Waals surface area contributed by atoms with Crippen molar-refractivity contribution in [3.8, 4) is 0 Å². The van der Waals surface area contributed by atoms with Gasteiger partial charge >= 0.3 is 6.18 Å². The highest BCUT2D eigenvalue weighted by atomic mass is 35.5. The van der Waals surface area contributed by atoms with Crippen LogP contribution in [0.3, 0.4) is 0 Å². The van der Waals surface area contributed by atoms with Gasteiger partial charge in [-0.3, -0.25) is 4.57 Å². The van der Waals surface area contributed by atoms with Crippen molar-refractivity contribution in [2.45, 2.75) is 76.0 Å². The Kier molecular flexibility index (Phi) is 6.07. The molecule has 1 aromatic carbocycles. The third-order valence-electron chi connectivity index (χ3n) is 6.54. The van der Waals surface area contributed by atoms with Crippen molar-refractivity contribution in [2.75, 3.05) is 10.6 Å². The molecule has 0 saturated heterocycles. The molecular formula is C23H26ClF3N6. The van der Waals surface area contributed by atoms with E-state index in [1.165, 1.54) is 25.3 Å². The van der Waals surface area contributed by atoms with E-state index in [0.717, 1.165) is 50.7 Å². The molecule has 0 amide bonds. The van der Waals surface area contributed by atoms with Crippen molar-refractivity contribution in [3.63, 3.8) is 0 Å². The second kappa shape index (κ2) is 9.00. The maximum absolute atomic E-state index is 13.3. The molecule has 0 atom stereocenters. The van der Waals surface area contributed by atoms with Crippen LogP contribution in [0.15, 0.2) is 24.4 Å². The lowest BCUT2D eigenvalue weighted by molar-refractivity contribution is -0.137. The SMILES string of the molecule is FC(F)(F)c1cc(Cl)cc(Nc2nc3cnc(NC4CCCC4)nc3n2C2CCCCC2)c1. The first-order valence-electron chi connectivity index (χ1n) is 11.5. The highest BCUT2D eigenvalue weighted by Crippen LogP contribution is 2.37. The molecule has 6 nitrogen and oxygen atoms in total. The van der Waals surface area contributed by atoms with Gasteiger partial charge in [-0.25, -0.2) is 9.97 Å².